The van der Waals surface area contributed by atoms with E-state index in [4.69, 9.17) is 4.74 Å². The predicted octanol–water partition coefficient (Wildman–Crippen LogP) is 3.40. The van der Waals surface area contributed by atoms with Crippen LogP contribution in [0.5, 0.6) is 5.75 Å². The predicted molar refractivity (Wildman–Crippen MR) is 116 cm³/mol. The number of fused-ring (bicyclic) bond motifs is 1. The highest BCUT2D eigenvalue weighted by Gasteiger charge is 2.12. The van der Waals surface area contributed by atoms with Crippen molar-refractivity contribution in [1.29, 1.82) is 0 Å². The Kier molecular flexibility index (Phi) is 4.94. The minimum absolute atomic E-state index is 0.308. The third kappa shape index (κ3) is 3.73. The zero-order chi connectivity index (χ0) is 22.1. The standard InChI is InChI=1S/C22H19FN8O/c1-30-19(6-9-25-30)27-22-24-8-5-18(26-22)15-7-10-31-20(28-29-21(31)12-15)11-14-3-4-16(32-2)13-17(14)23/h3-10,12-13H,11H2,1-2H3,(H,24,26,27). The molecule has 10 heteroatoms. The summed E-state index contributed by atoms with van der Waals surface area (Å²) in [6, 6.07) is 12.3. The van der Waals surface area contributed by atoms with Crippen LogP contribution in [0, 0.1) is 5.82 Å². The lowest BCUT2D eigenvalue weighted by molar-refractivity contribution is 0.411. The van der Waals surface area contributed by atoms with E-state index in [0.29, 0.717) is 35.2 Å². The fourth-order valence-corrected chi connectivity index (χ4v) is 3.38. The van der Waals surface area contributed by atoms with Crippen molar-refractivity contribution in [2.45, 2.75) is 6.42 Å². The average Bonchev–Trinajstić information content (AvgIpc) is 3.40. The van der Waals surface area contributed by atoms with Crippen LogP contribution < -0.4 is 10.1 Å². The topological polar surface area (TPSA) is 95.0 Å². The van der Waals surface area contributed by atoms with Gasteiger partial charge in [-0.1, -0.05) is 6.07 Å². The second-order valence-corrected chi connectivity index (χ2v) is 7.12. The molecule has 0 aliphatic heterocycles. The molecule has 0 atom stereocenters. The number of hydrogen-bond donors (Lipinski definition) is 1. The van der Waals surface area contributed by atoms with Crippen molar-refractivity contribution >= 4 is 17.4 Å². The molecular weight excluding hydrogens is 411 g/mol. The number of rotatable bonds is 6. The number of aryl methyl sites for hydroxylation is 1. The highest BCUT2D eigenvalue weighted by atomic mass is 19.1. The number of halogens is 1. The van der Waals surface area contributed by atoms with Crippen molar-refractivity contribution in [3.8, 4) is 17.0 Å². The molecule has 4 aromatic heterocycles. The zero-order valence-corrected chi connectivity index (χ0v) is 17.4. The van der Waals surface area contributed by atoms with Crippen molar-refractivity contribution in [2.75, 3.05) is 12.4 Å². The monoisotopic (exact) mass is 430 g/mol. The van der Waals surface area contributed by atoms with Gasteiger partial charge in [0.15, 0.2) is 5.65 Å². The van der Waals surface area contributed by atoms with Crippen molar-refractivity contribution in [3.63, 3.8) is 0 Å². The lowest BCUT2D eigenvalue weighted by atomic mass is 10.1. The molecule has 4 heterocycles. The van der Waals surface area contributed by atoms with Crippen LogP contribution in [-0.4, -0.2) is 41.5 Å². The largest absolute Gasteiger partial charge is 0.497 e. The SMILES string of the molecule is COc1ccc(Cc2nnc3cc(-c4ccnc(Nc5ccnn5C)n4)ccn23)c(F)c1. The number of pyridine rings is 1. The Morgan fingerprint density at radius 3 is 2.75 bits per heavy atom. The highest BCUT2D eigenvalue weighted by Crippen LogP contribution is 2.23. The van der Waals surface area contributed by atoms with Gasteiger partial charge in [0.1, 0.15) is 23.2 Å². The van der Waals surface area contributed by atoms with Crippen molar-refractivity contribution < 1.29 is 9.13 Å². The summed E-state index contributed by atoms with van der Waals surface area (Å²) in [5.74, 6) is 2.02. The first-order valence-corrected chi connectivity index (χ1v) is 9.85. The van der Waals surface area contributed by atoms with E-state index in [9.17, 15) is 4.39 Å². The molecule has 5 rings (SSSR count). The maximum absolute atomic E-state index is 14.3. The van der Waals surface area contributed by atoms with Gasteiger partial charge in [0.2, 0.25) is 5.95 Å². The molecule has 0 spiro atoms. The molecule has 0 aliphatic carbocycles. The Labute approximate surface area is 182 Å². The molecule has 32 heavy (non-hydrogen) atoms. The lowest BCUT2D eigenvalue weighted by Gasteiger charge is -2.07. The first-order valence-electron chi connectivity index (χ1n) is 9.85. The van der Waals surface area contributed by atoms with Crippen LogP contribution in [0.25, 0.3) is 16.9 Å². The minimum Gasteiger partial charge on any atom is -0.497 e. The van der Waals surface area contributed by atoms with Gasteiger partial charge in [-0.15, -0.1) is 10.2 Å². The lowest BCUT2D eigenvalue weighted by Crippen LogP contribution is -2.03. The molecule has 0 saturated heterocycles. The van der Waals surface area contributed by atoms with Crippen LogP contribution in [0.4, 0.5) is 16.2 Å². The number of anilines is 2. The van der Waals surface area contributed by atoms with Gasteiger partial charge >= 0.3 is 0 Å². The Balaban J connectivity index is 1.42. The Morgan fingerprint density at radius 1 is 1.06 bits per heavy atom. The van der Waals surface area contributed by atoms with Gasteiger partial charge in [0, 0.05) is 43.6 Å². The fourth-order valence-electron chi connectivity index (χ4n) is 3.38. The van der Waals surface area contributed by atoms with Crippen LogP contribution in [0.2, 0.25) is 0 Å². The Morgan fingerprint density at radius 2 is 1.97 bits per heavy atom. The van der Waals surface area contributed by atoms with Gasteiger partial charge in [0.05, 0.1) is 19.0 Å². The minimum atomic E-state index is -0.341. The van der Waals surface area contributed by atoms with Crippen molar-refractivity contribution in [2.24, 2.45) is 7.05 Å². The van der Waals surface area contributed by atoms with Crippen molar-refractivity contribution in [3.05, 3.63) is 78.3 Å². The van der Waals surface area contributed by atoms with E-state index in [1.807, 2.05) is 41.9 Å². The fraction of sp³-hybridized carbons (Fsp3) is 0.136. The maximum atomic E-state index is 14.3. The van der Waals surface area contributed by atoms with Crippen molar-refractivity contribution in [1.82, 2.24) is 34.3 Å². The summed E-state index contributed by atoms with van der Waals surface area (Å²) in [5, 5.41) is 15.8. The second-order valence-electron chi connectivity index (χ2n) is 7.12. The summed E-state index contributed by atoms with van der Waals surface area (Å²) in [7, 11) is 3.34. The average molecular weight is 430 g/mol. The Hall–Kier alpha value is -4.34. The highest BCUT2D eigenvalue weighted by molar-refractivity contribution is 5.65. The van der Waals surface area contributed by atoms with Gasteiger partial charge in [-0.05, 0) is 29.8 Å². The van der Waals surface area contributed by atoms with Crippen LogP contribution in [-0.2, 0) is 13.5 Å². The molecule has 5 aromatic rings. The van der Waals surface area contributed by atoms with E-state index < -0.39 is 0 Å². The summed E-state index contributed by atoms with van der Waals surface area (Å²) in [5.41, 5.74) is 2.76. The number of aromatic nitrogens is 7. The number of hydrogen-bond acceptors (Lipinski definition) is 7. The number of benzene rings is 1. The van der Waals surface area contributed by atoms with E-state index in [1.165, 1.54) is 13.2 Å². The van der Waals surface area contributed by atoms with E-state index in [-0.39, 0.29) is 5.82 Å². The van der Waals surface area contributed by atoms with Crippen LogP contribution in [0.3, 0.4) is 0 Å². The summed E-state index contributed by atoms with van der Waals surface area (Å²) in [4.78, 5) is 8.86. The number of nitrogens with zero attached hydrogens (tertiary/aromatic N) is 7. The second kappa shape index (κ2) is 8.06. The third-order valence-corrected chi connectivity index (χ3v) is 5.10. The van der Waals surface area contributed by atoms with Crippen LogP contribution >= 0.6 is 0 Å². The number of ether oxygens (including phenoxy) is 1. The van der Waals surface area contributed by atoms with Gasteiger partial charge in [-0.3, -0.25) is 9.08 Å². The van der Waals surface area contributed by atoms with Crippen LogP contribution in [0.1, 0.15) is 11.4 Å². The summed E-state index contributed by atoms with van der Waals surface area (Å²) >= 11 is 0. The van der Waals surface area contributed by atoms with Crippen LogP contribution in [0.15, 0.2) is 61.1 Å². The molecule has 160 valence electrons. The van der Waals surface area contributed by atoms with Gasteiger partial charge in [-0.2, -0.15) is 5.10 Å². The molecule has 0 fully saturated rings. The first kappa shape index (κ1) is 19.6. The van der Waals surface area contributed by atoms with E-state index in [1.54, 1.807) is 29.2 Å². The normalized spacial score (nSPS) is 11.1. The first-order chi connectivity index (χ1) is 15.6. The molecule has 1 aromatic carbocycles. The van der Waals surface area contributed by atoms with E-state index >= 15 is 0 Å². The Bertz CT molecular complexity index is 1410. The molecule has 0 unspecified atom stereocenters. The summed E-state index contributed by atoms with van der Waals surface area (Å²) in [6.45, 7) is 0. The molecule has 0 saturated carbocycles. The van der Waals surface area contributed by atoms with Gasteiger partial charge < -0.3 is 10.1 Å². The summed E-state index contributed by atoms with van der Waals surface area (Å²) < 4.78 is 22.9. The van der Waals surface area contributed by atoms with Gasteiger partial charge in [0.25, 0.3) is 0 Å². The molecule has 9 nitrogen and oxygen atoms in total. The summed E-state index contributed by atoms with van der Waals surface area (Å²) in [6.07, 6.45) is 5.55. The maximum Gasteiger partial charge on any atom is 0.228 e. The van der Waals surface area contributed by atoms with Gasteiger partial charge in [-0.25, -0.2) is 14.4 Å². The molecule has 0 radical (unpaired) electrons. The molecule has 1 N–H and O–H groups in total. The zero-order valence-electron chi connectivity index (χ0n) is 17.4. The molecule has 0 amide bonds. The number of methoxy groups -OCH3 is 1. The number of nitrogens with one attached hydrogen (secondary N) is 1. The smallest absolute Gasteiger partial charge is 0.228 e. The third-order valence-electron chi connectivity index (χ3n) is 5.10. The molecule has 0 aliphatic rings. The van der Waals surface area contributed by atoms with E-state index in [0.717, 1.165) is 17.1 Å². The quantitative estimate of drug-likeness (QED) is 0.441. The molecule has 0 bridgehead atoms. The van der Waals surface area contributed by atoms with E-state index in [2.05, 4.69) is 30.6 Å². The molecular formula is C22H19FN8O.